The highest BCUT2D eigenvalue weighted by molar-refractivity contribution is 6.09. The van der Waals surface area contributed by atoms with E-state index in [0.717, 1.165) is 12.1 Å². The van der Waals surface area contributed by atoms with Crippen LogP contribution in [0, 0.1) is 0 Å². The highest BCUT2D eigenvalue weighted by Gasteiger charge is 2.46. The van der Waals surface area contributed by atoms with E-state index < -0.39 is 11.9 Å². The number of allylic oxidation sites excluding steroid dienone is 2. The maximum absolute atomic E-state index is 13.0. The summed E-state index contributed by atoms with van der Waals surface area (Å²) < 4.78 is 10.6. The number of ether oxygens (including phenoxy) is 2. The van der Waals surface area contributed by atoms with E-state index in [-0.39, 0.29) is 23.0 Å². The van der Waals surface area contributed by atoms with E-state index in [0.29, 0.717) is 42.8 Å². The summed E-state index contributed by atoms with van der Waals surface area (Å²) in [6, 6.07) is 7.28. The molecule has 1 N–H and O–H groups in total. The number of carbonyl (C=O) groups excluding carboxylic acids is 3. The third-order valence-corrected chi connectivity index (χ3v) is 5.55. The zero-order valence-corrected chi connectivity index (χ0v) is 15.9. The summed E-state index contributed by atoms with van der Waals surface area (Å²) in [4.78, 5) is 40.5. The number of carbonyl (C=O) groups is 3. The molecule has 0 aromatic heterocycles. The van der Waals surface area contributed by atoms with Crippen molar-refractivity contribution in [2.75, 3.05) is 27.3 Å². The average molecular weight is 382 g/mol. The molecule has 0 spiro atoms. The molecule has 2 heterocycles. The third-order valence-electron chi connectivity index (χ3n) is 5.55. The van der Waals surface area contributed by atoms with Crippen LogP contribution in [0.5, 0.6) is 5.75 Å². The summed E-state index contributed by atoms with van der Waals surface area (Å²) >= 11 is 0. The molecule has 0 bridgehead atoms. The van der Waals surface area contributed by atoms with E-state index in [9.17, 15) is 14.4 Å². The van der Waals surface area contributed by atoms with Gasteiger partial charge in [-0.2, -0.15) is 0 Å². The lowest BCUT2D eigenvalue weighted by Crippen LogP contribution is -2.50. The average Bonchev–Trinajstić information content (AvgIpc) is 2.72. The molecule has 7 nitrogen and oxygen atoms in total. The Morgan fingerprint density at radius 3 is 2.71 bits per heavy atom. The Kier molecular flexibility index (Phi) is 4.66. The predicted molar refractivity (Wildman–Crippen MR) is 100 cm³/mol. The predicted octanol–water partition coefficient (Wildman–Crippen LogP) is 1.66. The lowest BCUT2D eigenvalue weighted by molar-refractivity contribution is -0.137. The standard InChI is InChI=1S/C21H22N2O5/c1-27-15-9-4-3-6-12(15)16-17-13(7-5-8-14(17)24)23-11-10-22-20(25)19(23)18(16)21(26)28-2/h3-4,6,9,16H,5,7-8,10-11H2,1-2H3,(H,22,25). The summed E-state index contributed by atoms with van der Waals surface area (Å²) in [5.74, 6) is -1.07. The number of esters is 1. The van der Waals surface area contributed by atoms with Crippen molar-refractivity contribution < 1.29 is 23.9 Å². The van der Waals surface area contributed by atoms with E-state index in [1.54, 1.807) is 13.2 Å². The van der Waals surface area contributed by atoms with Gasteiger partial charge in [-0.1, -0.05) is 18.2 Å². The zero-order chi connectivity index (χ0) is 19.8. The Morgan fingerprint density at radius 2 is 1.96 bits per heavy atom. The number of methoxy groups -OCH3 is 2. The molecule has 0 saturated carbocycles. The first kappa shape index (κ1) is 18.3. The second kappa shape index (κ2) is 7.14. The van der Waals surface area contributed by atoms with Gasteiger partial charge in [0.2, 0.25) is 0 Å². The minimum atomic E-state index is -0.693. The van der Waals surface area contributed by atoms with E-state index >= 15 is 0 Å². The zero-order valence-electron chi connectivity index (χ0n) is 15.9. The van der Waals surface area contributed by atoms with E-state index in [1.165, 1.54) is 7.11 Å². The van der Waals surface area contributed by atoms with Gasteiger partial charge in [-0.05, 0) is 18.9 Å². The van der Waals surface area contributed by atoms with Crippen LogP contribution in [0.25, 0.3) is 0 Å². The number of fused-ring (bicyclic) bond motifs is 2. The fourth-order valence-corrected chi connectivity index (χ4v) is 4.41. The molecule has 1 aromatic rings. The molecular formula is C21H22N2O5. The van der Waals surface area contributed by atoms with Gasteiger partial charge < -0.3 is 19.7 Å². The number of nitrogens with zero attached hydrogens (tertiary/aromatic N) is 1. The number of ketones is 1. The molecule has 28 heavy (non-hydrogen) atoms. The molecular weight excluding hydrogens is 360 g/mol. The van der Waals surface area contributed by atoms with Crippen LogP contribution in [0.2, 0.25) is 0 Å². The van der Waals surface area contributed by atoms with E-state index in [4.69, 9.17) is 9.47 Å². The molecule has 1 aromatic carbocycles. The largest absolute Gasteiger partial charge is 0.496 e. The summed E-state index contributed by atoms with van der Waals surface area (Å²) in [6.07, 6.45) is 1.85. The van der Waals surface area contributed by atoms with Crippen molar-refractivity contribution in [2.24, 2.45) is 0 Å². The molecule has 1 aliphatic carbocycles. The van der Waals surface area contributed by atoms with Crippen LogP contribution in [0.4, 0.5) is 0 Å². The normalized spacial score (nSPS) is 21.8. The minimum Gasteiger partial charge on any atom is -0.496 e. The monoisotopic (exact) mass is 382 g/mol. The summed E-state index contributed by atoms with van der Waals surface area (Å²) in [5.41, 5.74) is 2.57. The Labute approximate surface area is 163 Å². The highest BCUT2D eigenvalue weighted by atomic mass is 16.5. The topological polar surface area (TPSA) is 84.9 Å². The molecule has 3 aliphatic rings. The third kappa shape index (κ3) is 2.69. The number of benzene rings is 1. The van der Waals surface area contributed by atoms with E-state index in [2.05, 4.69) is 5.32 Å². The van der Waals surface area contributed by atoms with Crippen LogP contribution >= 0.6 is 0 Å². The van der Waals surface area contributed by atoms with Crippen LogP contribution in [0.15, 0.2) is 46.8 Å². The van der Waals surface area contributed by atoms with Crippen molar-refractivity contribution in [1.29, 1.82) is 0 Å². The van der Waals surface area contributed by atoms with Crippen LogP contribution in [-0.4, -0.2) is 49.9 Å². The van der Waals surface area contributed by atoms with Gasteiger partial charge in [0.1, 0.15) is 11.4 Å². The minimum absolute atomic E-state index is 0.00332. The van der Waals surface area contributed by atoms with Crippen LogP contribution in [0.3, 0.4) is 0 Å². The molecule has 4 rings (SSSR count). The molecule has 146 valence electrons. The van der Waals surface area contributed by atoms with E-state index in [1.807, 2.05) is 23.1 Å². The molecule has 1 unspecified atom stereocenters. The smallest absolute Gasteiger partial charge is 0.337 e. The number of Topliss-reactive ketones (excluding diaryl/α,β-unsaturated/α-hetero) is 1. The fourth-order valence-electron chi connectivity index (χ4n) is 4.41. The fraction of sp³-hybridized carbons (Fsp3) is 0.381. The quantitative estimate of drug-likeness (QED) is 0.801. The molecule has 1 atom stereocenters. The number of hydrogen-bond donors (Lipinski definition) is 1. The van der Waals surface area contributed by atoms with Gasteiger partial charge in [-0.3, -0.25) is 9.59 Å². The molecule has 2 aliphatic heterocycles. The SMILES string of the molecule is COC(=O)C1=C2C(=O)NCCN2C2=C(C(=O)CCC2)C1c1ccccc1OC. The number of amides is 1. The van der Waals surface area contributed by atoms with Gasteiger partial charge in [-0.15, -0.1) is 0 Å². The summed E-state index contributed by atoms with van der Waals surface area (Å²) in [6.45, 7) is 0.980. The Hall–Kier alpha value is -3.09. The lowest BCUT2D eigenvalue weighted by Gasteiger charge is -2.43. The summed E-state index contributed by atoms with van der Waals surface area (Å²) in [5, 5.41) is 2.81. The number of rotatable bonds is 3. The second-order valence-corrected chi connectivity index (χ2v) is 6.97. The molecule has 1 fully saturated rings. The maximum Gasteiger partial charge on any atom is 0.337 e. The van der Waals surface area contributed by atoms with Gasteiger partial charge in [-0.25, -0.2) is 4.79 Å². The van der Waals surface area contributed by atoms with Gasteiger partial charge in [0.25, 0.3) is 5.91 Å². The van der Waals surface area contributed by atoms with Crippen LogP contribution in [-0.2, 0) is 19.1 Å². The Bertz CT molecular complexity index is 930. The first-order valence-corrected chi connectivity index (χ1v) is 9.35. The van der Waals surface area contributed by atoms with Gasteiger partial charge >= 0.3 is 5.97 Å². The maximum atomic E-state index is 13.0. The second-order valence-electron chi connectivity index (χ2n) is 6.97. The van der Waals surface area contributed by atoms with Crippen molar-refractivity contribution in [3.8, 4) is 5.75 Å². The van der Waals surface area contributed by atoms with Crippen molar-refractivity contribution >= 4 is 17.7 Å². The van der Waals surface area contributed by atoms with Gasteiger partial charge in [0, 0.05) is 36.3 Å². The van der Waals surface area contributed by atoms with Crippen molar-refractivity contribution in [3.05, 3.63) is 52.4 Å². The lowest BCUT2D eigenvalue weighted by atomic mass is 9.73. The molecule has 1 saturated heterocycles. The summed E-state index contributed by atoms with van der Waals surface area (Å²) in [7, 11) is 2.83. The van der Waals surface area contributed by atoms with Gasteiger partial charge in [0.05, 0.1) is 25.7 Å². The number of piperazine rings is 1. The number of nitrogens with one attached hydrogen (secondary N) is 1. The van der Waals surface area contributed by atoms with Crippen molar-refractivity contribution in [3.63, 3.8) is 0 Å². The first-order chi connectivity index (χ1) is 13.6. The van der Waals surface area contributed by atoms with Crippen molar-refractivity contribution in [2.45, 2.75) is 25.2 Å². The Balaban J connectivity index is 2.04. The van der Waals surface area contributed by atoms with Crippen LogP contribution < -0.4 is 10.1 Å². The first-order valence-electron chi connectivity index (χ1n) is 9.35. The molecule has 1 amide bonds. The molecule has 7 heteroatoms. The van der Waals surface area contributed by atoms with Crippen molar-refractivity contribution in [1.82, 2.24) is 10.2 Å². The Morgan fingerprint density at radius 1 is 1.18 bits per heavy atom. The van der Waals surface area contributed by atoms with Gasteiger partial charge in [0.15, 0.2) is 5.78 Å². The van der Waals surface area contributed by atoms with Crippen LogP contribution in [0.1, 0.15) is 30.7 Å². The number of para-hydroxylation sites is 1. The molecule has 0 radical (unpaired) electrons. The number of hydrogen-bond acceptors (Lipinski definition) is 6. The highest BCUT2D eigenvalue weighted by Crippen LogP contribution is 2.48.